The van der Waals surface area contributed by atoms with Crippen molar-refractivity contribution in [2.75, 3.05) is 7.05 Å². The van der Waals surface area contributed by atoms with E-state index in [1.807, 2.05) is 55.8 Å². The van der Waals surface area contributed by atoms with E-state index < -0.39 is 0 Å². The summed E-state index contributed by atoms with van der Waals surface area (Å²) in [6, 6.07) is 9.65. The van der Waals surface area contributed by atoms with Gasteiger partial charge in [0.05, 0.1) is 29.6 Å². The predicted octanol–water partition coefficient (Wildman–Crippen LogP) is 2.86. The second-order valence-corrected chi connectivity index (χ2v) is 6.00. The van der Waals surface area contributed by atoms with Gasteiger partial charge in [-0.25, -0.2) is 4.98 Å². The number of nitrogens with zero attached hydrogens (tertiary/aromatic N) is 4. The third-order valence-electron chi connectivity index (χ3n) is 3.87. The number of fused-ring (bicyclic) bond motifs is 1. The number of carbonyl (C=O) groups is 1. The molecule has 3 aromatic rings. The van der Waals surface area contributed by atoms with E-state index in [9.17, 15) is 4.79 Å². The molecule has 0 aliphatic heterocycles. The van der Waals surface area contributed by atoms with Crippen LogP contribution in [0.3, 0.4) is 0 Å². The van der Waals surface area contributed by atoms with Crippen LogP contribution >= 0.6 is 0 Å². The van der Waals surface area contributed by atoms with E-state index in [0.29, 0.717) is 12.1 Å². The first-order valence-electron chi connectivity index (χ1n) is 7.55. The molecular formula is C18H20N4O. The number of rotatable bonds is 3. The fourth-order valence-electron chi connectivity index (χ4n) is 2.81. The van der Waals surface area contributed by atoms with Crippen LogP contribution in [0, 0.1) is 13.8 Å². The Balaban J connectivity index is 1.82. The molecule has 1 aromatic carbocycles. The molecule has 0 saturated heterocycles. The van der Waals surface area contributed by atoms with Crippen molar-refractivity contribution in [1.29, 1.82) is 0 Å². The Morgan fingerprint density at radius 1 is 1.22 bits per heavy atom. The standard InChI is InChI=1S/C18H20N4O/c1-12-7-13(2)20-15(8-12)10-21(3)18(23)14-5-6-17-16(9-14)19-11-22(17)4/h5-9,11H,10H2,1-4H3. The molecule has 23 heavy (non-hydrogen) atoms. The van der Waals surface area contributed by atoms with E-state index in [1.165, 1.54) is 0 Å². The van der Waals surface area contributed by atoms with Crippen LogP contribution in [0.2, 0.25) is 0 Å². The highest BCUT2D eigenvalue weighted by Gasteiger charge is 2.14. The van der Waals surface area contributed by atoms with E-state index in [1.54, 1.807) is 18.3 Å². The molecule has 0 aliphatic rings. The molecule has 0 spiro atoms. The highest BCUT2D eigenvalue weighted by molar-refractivity contribution is 5.97. The number of aromatic nitrogens is 3. The molecule has 0 unspecified atom stereocenters. The molecular weight excluding hydrogens is 288 g/mol. The Kier molecular flexibility index (Phi) is 3.86. The molecule has 0 radical (unpaired) electrons. The van der Waals surface area contributed by atoms with E-state index in [4.69, 9.17) is 0 Å². The lowest BCUT2D eigenvalue weighted by Gasteiger charge is -2.17. The summed E-state index contributed by atoms with van der Waals surface area (Å²) in [6.07, 6.45) is 1.75. The molecule has 0 aliphatic carbocycles. The molecule has 0 N–H and O–H groups in total. The normalized spacial score (nSPS) is 11.0. The van der Waals surface area contributed by atoms with Crippen molar-refractivity contribution < 1.29 is 4.79 Å². The monoisotopic (exact) mass is 308 g/mol. The molecule has 0 fully saturated rings. The fraction of sp³-hybridized carbons (Fsp3) is 0.278. The molecule has 3 rings (SSSR count). The van der Waals surface area contributed by atoms with Crippen LogP contribution in [0.4, 0.5) is 0 Å². The van der Waals surface area contributed by atoms with Gasteiger partial charge in [0, 0.05) is 25.4 Å². The van der Waals surface area contributed by atoms with Crippen molar-refractivity contribution in [3.63, 3.8) is 0 Å². The second-order valence-electron chi connectivity index (χ2n) is 6.00. The minimum Gasteiger partial charge on any atom is -0.336 e. The zero-order valence-electron chi connectivity index (χ0n) is 13.9. The Hall–Kier alpha value is -2.69. The third-order valence-corrected chi connectivity index (χ3v) is 3.87. The summed E-state index contributed by atoms with van der Waals surface area (Å²) in [5.74, 6) is -0.0292. The van der Waals surface area contributed by atoms with Crippen LogP contribution in [0.5, 0.6) is 0 Å². The van der Waals surface area contributed by atoms with Crippen LogP contribution in [0.1, 0.15) is 27.3 Å². The summed E-state index contributed by atoms with van der Waals surface area (Å²) in [5, 5.41) is 0. The third kappa shape index (κ3) is 3.08. The Labute approximate surface area is 135 Å². The second kappa shape index (κ2) is 5.83. The van der Waals surface area contributed by atoms with Gasteiger partial charge in [0.2, 0.25) is 0 Å². The van der Waals surface area contributed by atoms with Crippen molar-refractivity contribution in [3.8, 4) is 0 Å². The maximum atomic E-state index is 12.6. The fourth-order valence-corrected chi connectivity index (χ4v) is 2.81. The number of hydrogen-bond acceptors (Lipinski definition) is 3. The summed E-state index contributed by atoms with van der Waals surface area (Å²) in [7, 11) is 3.74. The maximum Gasteiger partial charge on any atom is 0.254 e. The number of aryl methyl sites for hydroxylation is 3. The average Bonchev–Trinajstić information content (AvgIpc) is 2.86. The topological polar surface area (TPSA) is 51.0 Å². The number of imidazole rings is 1. The quantitative estimate of drug-likeness (QED) is 0.747. The molecule has 2 heterocycles. The lowest BCUT2D eigenvalue weighted by molar-refractivity contribution is 0.0783. The van der Waals surface area contributed by atoms with Gasteiger partial charge in [0.15, 0.2) is 0 Å². The summed E-state index contributed by atoms with van der Waals surface area (Å²) in [6.45, 7) is 4.49. The number of benzene rings is 1. The average molecular weight is 308 g/mol. The van der Waals surface area contributed by atoms with Gasteiger partial charge in [0.25, 0.3) is 5.91 Å². The van der Waals surface area contributed by atoms with Gasteiger partial charge in [-0.1, -0.05) is 0 Å². The lowest BCUT2D eigenvalue weighted by atomic mass is 10.1. The summed E-state index contributed by atoms with van der Waals surface area (Å²) in [5.41, 5.74) is 5.51. The van der Waals surface area contributed by atoms with Crippen molar-refractivity contribution in [3.05, 3.63) is 59.2 Å². The van der Waals surface area contributed by atoms with Crippen LogP contribution < -0.4 is 0 Å². The van der Waals surface area contributed by atoms with Crippen molar-refractivity contribution >= 4 is 16.9 Å². The lowest BCUT2D eigenvalue weighted by Crippen LogP contribution is -2.26. The van der Waals surface area contributed by atoms with Gasteiger partial charge in [-0.15, -0.1) is 0 Å². The first kappa shape index (κ1) is 15.2. The Morgan fingerprint density at radius 3 is 2.74 bits per heavy atom. The van der Waals surface area contributed by atoms with Crippen molar-refractivity contribution in [1.82, 2.24) is 19.4 Å². The van der Waals surface area contributed by atoms with Gasteiger partial charge < -0.3 is 9.47 Å². The van der Waals surface area contributed by atoms with Crippen LogP contribution in [-0.4, -0.2) is 32.4 Å². The van der Waals surface area contributed by atoms with E-state index in [0.717, 1.165) is 28.0 Å². The molecule has 0 atom stereocenters. The Morgan fingerprint density at radius 2 is 2.00 bits per heavy atom. The molecule has 5 heteroatoms. The summed E-state index contributed by atoms with van der Waals surface area (Å²) < 4.78 is 1.94. The highest BCUT2D eigenvalue weighted by atomic mass is 16.2. The van der Waals surface area contributed by atoms with Gasteiger partial charge in [-0.05, 0) is 49.7 Å². The molecule has 0 bridgehead atoms. The maximum absolute atomic E-state index is 12.6. The van der Waals surface area contributed by atoms with Crippen LogP contribution in [0.15, 0.2) is 36.7 Å². The smallest absolute Gasteiger partial charge is 0.254 e. The molecule has 5 nitrogen and oxygen atoms in total. The van der Waals surface area contributed by atoms with Gasteiger partial charge in [-0.2, -0.15) is 0 Å². The zero-order chi connectivity index (χ0) is 16.6. The first-order chi connectivity index (χ1) is 10.9. The SMILES string of the molecule is Cc1cc(C)nc(CN(C)C(=O)c2ccc3c(c2)ncn3C)c1. The zero-order valence-corrected chi connectivity index (χ0v) is 13.9. The largest absolute Gasteiger partial charge is 0.336 e. The summed E-state index contributed by atoms with van der Waals surface area (Å²) >= 11 is 0. The number of hydrogen-bond donors (Lipinski definition) is 0. The van der Waals surface area contributed by atoms with Gasteiger partial charge >= 0.3 is 0 Å². The number of pyridine rings is 1. The van der Waals surface area contributed by atoms with Gasteiger partial charge in [-0.3, -0.25) is 9.78 Å². The first-order valence-corrected chi connectivity index (χ1v) is 7.55. The molecule has 0 saturated carbocycles. The minimum absolute atomic E-state index is 0.0292. The highest BCUT2D eigenvalue weighted by Crippen LogP contribution is 2.16. The van der Waals surface area contributed by atoms with E-state index in [-0.39, 0.29) is 5.91 Å². The van der Waals surface area contributed by atoms with Gasteiger partial charge in [0.1, 0.15) is 0 Å². The van der Waals surface area contributed by atoms with Crippen LogP contribution in [0.25, 0.3) is 11.0 Å². The minimum atomic E-state index is -0.0292. The van der Waals surface area contributed by atoms with E-state index in [2.05, 4.69) is 9.97 Å². The van der Waals surface area contributed by atoms with E-state index >= 15 is 0 Å². The molecule has 2 aromatic heterocycles. The number of carbonyl (C=O) groups excluding carboxylic acids is 1. The summed E-state index contributed by atoms with van der Waals surface area (Å²) in [4.78, 5) is 23.1. The molecule has 1 amide bonds. The van der Waals surface area contributed by atoms with Crippen LogP contribution in [-0.2, 0) is 13.6 Å². The molecule has 118 valence electrons. The number of amides is 1. The van der Waals surface area contributed by atoms with Crippen molar-refractivity contribution in [2.24, 2.45) is 7.05 Å². The Bertz CT molecular complexity index is 862. The van der Waals surface area contributed by atoms with Crippen molar-refractivity contribution in [2.45, 2.75) is 20.4 Å². The predicted molar refractivity (Wildman–Crippen MR) is 90.2 cm³/mol.